The third-order valence-corrected chi connectivity index (χ3v) is 5.62. The lowest BCUT2D eigenvalue weighted by atomic mass is 10.2. The molecule has 2 fully saturated rings. The summed E-state index contributed by atoms with van der Waals surface area (Å²) in [6.45, 7) is 1.94. The summed E-state index contributed by atoms with van der Waals surface area (Å²) < 4.78 is 23.1. The molecule has 6 nitrogen and oxygen atoms in total. The number of nitrogens with one attached hydrogen (secondary N) is 3. The molecule has 2 saturated heterocycles. The molecule has 2 rings (SSSR count). The first-order valence-corrected chi connectivity index (χ1v) is 7.76. The first-order chi connectivity index (χ1) is 8.08. The molecule has 2 aliphatic rings. The van der Waals surface area contributed by atoms with Crippen molar-refractivity contribution in [3.8, 4) is 0 Å². The van der Waals surface area contributed by atoms with Gasteiger partial charge in [0.15, 0.2) is 9.84 Å². The number of hydrogen-bond donors (Lipinski definition) is 3. The van der Waals surface area contributed by atoms with E-state index in [0.29, 0.717) is 12.8 Å². The van der Waals surface area contributed by atoms with Gasteiger partial charge in [0.25, 0.3) is 0 Å². The normalized spacial score (nSPS) is 31.3. The SMILES string of the molecule is O=C(NCC1CCCS1(=O)=O)NC1CCNC1. The van der Waals surface area contributed by atoms with Gasteiger partial charge in [0.1, 0.15) is 0 Å². The van der Waals surface area contributed by atoms with Crippen LogP contribution in [0.4, 0.5) is 4.79 Å². The molecule has 0 saturated carbocycles. The fraction of sp³-hybridized carbons (Fsp3) is 0.900. The Balaban J connectivity index is 1.72. The summed E-state index contributed by atoms with van der Waals surface area (Å²) in [5.41, 5.74) is 0. The molecule has 0 spiro atoms. The van der Waals surface area contributed by atoms with E-state index in [2.05, 4.69) is 16.0 Å². The van der Waals surface area contributed by atoms with Crippen LogP contribution in [-0.2, 0) is 9.84 Å². The van der Waals surface area contributed by atoms with Gasteiger partial charge in [-0.2, -0.15) is 0 Å². The average Bonchev–Trinajstić information content (AvgIpc) is 2.85. The van der Waals surface area contributed by atoms with Gasteiger partial charge < -0.3 is 16.0 Å². The van der Waals surface area contributed by atoms with Gasteiger partial charge in [-0.1, -0.05) is 0 Å². The third-order valence-electron chi connectivity index (χ3n) is 3.35. The minimum absolute atomic E-state index is 0.162. The standard InChI is InChI=1S/C10H19N3O3S/c14-10(13-8-3-4-11-6-8)12-7-9-2-1-5-17(9,15)16/h8-9,11H,1-7H2,(H2,12,13,14). The lowest BCUT2D eigenvalue weighted by molar-refractivity contribution is 0.237. The summed E-state index contributed by atoms with van der Waals surface area (Å²) in [6.07, 6.45) is 2.30. The average molecular weight is 261 g/mol. The van der Waals surface area contributed by atoms with E-state index in [9.17, 15) is 13.2 Å². The Bertz CT molecular complexity index is 376. The third kappa shape index (κ3) is 3.32. The van der Waals surface area contributed by atoms with Crippen LogP contribution in [0.3, 0.4) is 0 Å². The van der Waals surface area contributed by atoms with Crippen LogP contribution < -0.4 is 16.0 Å². The molecule has 2 heterocycles. The monoisotopic (exact) mass is 261 g/mol. The second kappa shape index (κ2) is 5.22. The van der Waals surface area contributed by atoms with Crippen LogP contribution in [0, 0.1) is 0 Å². The molecule has 3 N–H and O–H groups in total. The molecule has 2 unspecified atom stereocenters. The summed E-state index contributed by atoms with van der Waals surface area (Å²) in [5, 5.41) is 8.23. The number of urea groups is 1. The zero-order valence-corrected chi connectivity index (χ0v) is 10.6. The Hall–Kier alpha value is -0.820. The van der Waals surface area contributed by atoms with E-state index in [4.69, 9.17) is 0 Å². The van der Waals surface area contributed by atoms with Crippen LogP contribution in [0.2, 0.25) is 0 Å². The van der Waals surface area contributed by atoms with Crippen LogP contribution in [0.25, 0.3) is 0 Å². The summed E-state index contributed by atoms with van der Waals surface area (Å²) in [7, 11) is -2.96. The Morgan fingerprint density at radius 3 is 2.76 bits per heavy atom. The largest absolute Gasteiger partial charge is 0.337 e. The highest BCUT2D eigenvalue weighted by Crippen LogP contribution is 2.18. The minimum atomic E-state index is -2.96. The molecule has 2 aliphatic heterocycles. The summed E-state index contributed by atoms with van der Waals surface area (Å²) in [6, 6.07) is -0.101. The van der Waals surface area contributed by atoms with E-state index in [1.807, 2.05) is 0 Å². The van der Waals surface area contributed by atoms with Crippen LogP contribution >= 0.6 is 0 Å². The summed E-state index contributed by atoms with van der Waals surface area (Å²) in [5.74, 6) is 0.257. The van der Waals surface area contributed by atoms with E-state index >= 15 is 0 Å². The first kappa shape index (κ1) is 12.6. The fourth-order valence-electron chi connectivity index (χ4n) is 2.31. The molecule has 0 aromatic heterocycles. The molecule has 7 heteroatoms. The number of carbonyl (C=O) groups excluding carboxylic acids is 1. The van der Waals surface area contributed by atoms with Gasteiger partial charge in [0.05, 0.1) is 11.0 Å². The second-order valence-corrected chi connectivity index (χ2v) is 7.08. The number of rotatable bonds is 3. The van der Waals surface area contributed by atoms with Gasteiger partial charge in [-0.15, -0.1) is 0 Å². The summed E-state index contributed by atoms with van der Waals surface area (Å²) in [4.78, 5) is 11.5. The Kier molecular flexibility index (Phi) is 3.88. The molecule has 0 aromatic rings. The van der Waals surface area contributed by atoms with E-state index in [1.54, 1.807) is 0 Å². The minimum Gasteiger partial charge on any atom is -0.337 e. The Morgan fingerprint density at radius 2 is 2.18 bits per heavy atom. The number of hydrogen-bond acceptors (Lipinski definition) is 4. The molecule has 17 heavy (non-hydrogen) atoms. The van der Waals surface area contributed by atoms with Gasteiger partial charge >= 0.3 is 6.03 Å². The molecule has 0 bridgehead atoms. The molecule has 2 amide bonds. The van der Waals surface area contributed by atoms with Crippen molar-refractivity contribution in [2.24, 2.45) is 0 Å². The van der Waals surface area contributed by atoms with Gasteiger partial charge in [0.2, 0.25) is 0 Å². The molecule has 0 radical (unpaired) electrons. The van der Waals surface area contributed by atoms with E-state index in [0.717, 1.165) is 19.5 Å². The number of carbonyl (C=O) groups is 1. The molecule has 0 aliphatic carbocycles. The quantitative estimate of drug-likeness (QED) is 0.622. The van der Waals surface area contributed by atoms with Gasteiger partial charge in [-0.25, -0.2) is 13.2 Å². The van der Waals surface area contributed by atoms with Gasteiger partial charge in [-0.3, -0.25) is 0 Å². The van der Waals surface area contributed by atoms with Crippen LogP contribution in [0.15, 0.2) is 0 Å². The van der Waals surface area contributed by atoms with Gasteiger partial charge in [0, 0.05) is 19.1 Å². The lowest BCUT2D eigenvalue weighted by Crippen LogP contribution is -2.45. The van der Waals surface area contributed by atoms with E-state index < -0.39 is 15.1 Å². The van der Waals surface area contributed by atoms with Crippen LogP contribution in [0.5, 0.6) is 0 Å². The molecular formula is C10H19N3O3S. The molecule has 2 atom stereocenters. The van der Waals surface area contributed by atoms with Crippen molar-refractivity contribution in [3.63, 3.8) is 0 Å². The van der Waals surface area contributed by atoms with E-state index in [-0.39, 0.29) is 24.4 Å². The smallest absolute Gasteiger partial charge is 0.315 e. The second-order valence-electron chi connectivity index (χ2n) is 4.68. The van der Waals surface area contributed by atoms with Crippen molar-refractivity contribution >= 4 is 15.9 Å². The highest BCUT2D eigenvalue weighted by Gasteiger charge is 2.31. The maximum Gasteiger partial charge on any atom is 0.315 e. The number of sulfone groups is 1. The highest BCUT2D eigenvalue weighted by atomic mass is 32.2. The van der Waals surface area contributed by atoms with Crippen molar-refractivity contribution in [2.75, 3.05) is 25.4 Å². The predicted molar refractivity (Wildman–Crippen MR) is 64.6 cm³/mol. The maximum atomic E-state index is 11.5. The highest BCUT2D eigenvalue weighted by molar-refractivity contribution is 7.92. The van der Waals surface area contributed by atoms with Crippen molar-refractivity contribution in [2.45, 2.75) is 30.6 Å². The van der Waals surface area contributed by atoms with Crippen LogP contribution in [0.1, 0.15) is 19.3 Å². The topological polar surface area (TPSA) is 87.3 Å². The lowest BCUT2D eigenvalue weighted by Gasteiger charge is -2.14. The zero-order chi connectivity index (χ0) is 12.3. The van der Waals surface area contributed by atoms with Crippen molar-refractivity contribution in [1.82, 2.24) is 16.0 Å². The first-order valence-electron chi connectivity index (χ1n) is 6.04. The molecule has 98 valence electrons. The summed E-state index contributed by atoms with van der Waals surface area (Å²) >= 11 is 0. The van der Waals surface area contributed by atoms with Crippen LogP contribution in [-0.4, -0.2) is 51.1 Å². The molecule has 0 aromatic carbocycles. The van der Waals surface area contributed by atoms with E-state index in [1.165, 1.54) is 0 Å². The predicted octanol–water partition coefficient (Wildman–Crippen LogP) is -0.775. The zero-order valence-electron chi connectivity index (χ0n) is 9.74. The van der Waals surface area contributed by atoms with Crippen molar-refractivity contribution < 1.29 is 13.2 Å². The number of amides is 2. The van der Waals surface area contributed by atoms with Gasteiger partial charge in [-0.05, 0) is 25.8 Å². The molecular weight excluding hydrogens is 242 g/mol. The van der Waals surface area contributed by atoms with Crippen molar-refractivity contribution in [3.05, 3.63) is 0 Å². The Morgan fingerprint density at radius 1 is 1.35 bits per heavy atom. The Labute approximate surface area is 101 Å². The fourth-order valence-corrected chi connectivity index (χ4v) is 4.07. The maximum absolute atomic E-state index is 11.5. The van der Waals surface area contributed by atoms with Crippen molar-refractivity contribution in [1.29, 1.82) is 0 Å².